The van der Waals surface area contributed by atoms with Gasteiger partial charge >= 0.3 is 11.9 Å². The van der Waals surface area contributed by atoms with Crippen molar-refractivity contribution in [3.05, 3.63) is 12.7 Å². The molecular formula is C7H8O4. The standard InChI is InChI=1S/C7H8O4/c1-2-5(8)10-7-4-3-6(9)11-7/h2,7H,1,3-4H2. The minimum absolute atomic E-state index is 0.315. The summed E-state index contributed by atoms with van der Waals surface area (Å²) in [5.41, 5.74) is 0. The van der Waals surface area contributed by atoms with Gasteiger partial charge < -0.3 is 9.47 Å². The van der Waals surface area contributed by atoms with Gasteiger partial charge in [0.05, 0.1) is 6.42 Å². The van der Waals surface area contributed by atoms with Crippen LogP contribution in [0.4, 0.5) is 0 Å². The van der Waals surface area contributed by atoms with Gasteiger partial charge in [-0.25, -0.2) is 4.79 Å². The number of ether oxygens (including phenoxy) is 2. The van der Waals surface area contributed by atoms with Crippen LogP contribution < -0.4 is 0 Å². The van der Waals surface area contributed by atoms with E-state index < -0.39 is 12.3 Å². The van der Waals surface area contributed by atoms with Crippen molar-refractivity contribution >= 4 is 11.9 Å². The molecule has 1 fully saturated rings. The van der Waals surface area contributed by atoms with Crippen LogP contribution in [0.1, 0.15) is 12.8 Å². The van der Waals surface area contributed by atoms with Crippen molar-refractivity contribution < 1.29 is 19.1 Å². The monoisotopic (exact) mass is 156 g/mol. The van der Waals surface area contributed by atoms with Crippen LogP contribution in [0.3, 0.4) is 0 Å². The highest BCUT2D eigenvalue weighted by atomic mass is 16.7. The Balaban J connectivity index is 2.33. The summed E-state index contributed by atoms with van der Waals surface area (Å²) in [5.74, 6) is -0.892. The fourth-order valence-electron chi connectivity index (χ4n) is 0.761. The van der Waals surface area contributed by atoms with Gasteiger partial charge in [-0.3, -0.25) is 4.79 Å². The van der Waals surface area contributed by atoms with Crippen LogP contribution in [-0.2, 0) is 19.1 Å². The van der Waals surface area contributed by atoms with Crippen LogP contribution in [0.2, 0.25) is 0 Å². The first-order valence-electron chi connectivity index (χ1n) is 3.25. The van der Waals surface area contributed by atoms with Crippen LogP contribution in [0.5, 0.6) is 0 Å². The van der Waals surface area contributed by atoms with Crippen molar-refractivity contribution in [2.75, 3.05) is 0 Å². The Hall–Kier alpha value is -1.32. The van der Waals surface area contributed by atoms with Gasteiger partial charge in [-0.2, -0.15) is 0 Å². The smallest absolute Gasteiger partial charge is 0.333 e. The van der Waals surface area contributed by atoms with Gasteiger partial charge in [0.25, 0.3) is 0 Å². The lowest BCUT2D eigenvalue weighted by atomic mass is 10.3. The van der Waals surface area contributed by atoms with E-state index in [1.807, 2.05) is 0 Å². The molecule has 4 nitrogen and oxygen atoms in total. The first-order valence-corrected chi connectivity index (χ1v) is 3.25. The predicted octanol–water partition coefficient (Wildman–Crippen LogP) is 0.379. The molecule has 1 rings (SSSR count). The average molecular weight is 156 g/mol. The lowest BCUT2D eigenvalue weighted by Gasteiger charge is -2.07. The SMILES string of the molecule is C=CC(=O)OC1CCC(=O)O1. The van der Waals surface area contributed by atoms with Crippen LogP contribution in [0.15, 0.2) is 12.7 Å². The zero-order chi connectivity index (χ0) is 8.27. The average Bonchev–Trinajstić information content (AvgIpc) is 2.35. The maximum absolute atomic E-state index is 10.5. The van der Waals surface area contributed by atoms with E-state index >= 15 is 0 Å². The fraction of sp³-hybridized carbons (Fsp3) is 0.429. The molecule has 60 valence electrons. The van der Waals surface area contributed by atoms with Crippen molar-refractivity contribution in [3.63, 3.8) is 0 Å². The molecule has 1 saturated heterocycles. The number of cyclic esters (lactones) is 1. The topological polar surface area (TPSA) is 52.6 Å². The third kappa shape index (κ3) is 2.07. The second-order valence-corrected chi connectivity index (χ2v) is 2.10. The van der Waals surface area contributed by atoms with Crippen molar-refractivity contribution in [3.8, 4) is 0 Å². The quantitative estimate of drug-likeness (QED) is 0.428. The van der Waals surface area contributed by atoms with Crippen LogP contribution >= 0.6 is 0 Å². The van der Waals surface area contributed by atoms with Gasteiger partial charge in [0.2, 0.25) is 6.29 Å². The summed E-state index contributed by atoms with van der Waals surface area (Å²) in [6.07, 6.45) is 1.09. The Bertz CT molecular complexity index is 197. The van der Waals surface area contributed by atoms with E-state index in [4.69, 9.17) is 0 Å². The molecule has 0 aromatic carbocycles. The largest absolute Gasteiger partial charge is 0.425 e. The highest BCUT2D eigenvalue weighted by molar-refractivity contribution is 5.81. The van der Waals surface area contributed by atoms with E-state index in [9.17, 15) is 9.59 Å². The number of carbonyl (C=O) groups is 2. The van der Waals surface area contributed by atoms with E-state index in [0.717, 1.165) is 6.08 Å². The molecule has 1 aliphatic rings. The second kappa shape index (κ2) is 3.18. The molecule has 0 N–H and O–H groups in total. The normalized spacial score (nSPS) is 22.5. The lowest BCUT2D eigenvalue weighted by molar-refractivity contribution is -0.172. The molecule has 0 aromatic heterocycles. The molecule has 1 unspecified atom stereocenters. The van der Waals surface area contributed by atoms with Gasteiger partial charge in [0, 0.05) is 12.5 Å². The minimum atomic E-state index is -0.701. The van der Waals surface area contributed by atoms with Crippen LogP contribution in [-0.4, -0.2) is 18.2 Å². The summed E-state index contributed by atoms with van der Waals surface area (Å²) in [7, 11) is 0. The Morgan fingerprint density at radius 1 is 1.82 bits per heavy atom. The van der Waals surface area contributed by atoms with E-state index in [1.165, 1.54) is 0 Å². The van der Waals surface area contributed by atoms with Gasteiger partial charge in [-0.15, -0.1) is 0 Å². The molecule has 0 amide bonds. The third-order valence-electron chi connectivity index (χ3n) is 1.26. The summed E-state index contributed by atoms with van der Waals surface area (Å²) in [5, 5.41) is 0. The maximum atomic E-state index is 10.5. The number of hydrogen-bond acceptors (Lipinski definition) is 4. The number of rotatable bonds is 2. The fourth-order valence-corrected chi connectivity index (χ4v) is 0.761. The molecule has 1 aliphatic heterocycles. The Morgan fingerprint density at radius 2 is 2.55 bits per heavy atom. The zero-order valence-electron chi connectivity index (χ0n) is 5.91. The lowest BCUT2D eigenvalue weighted by Crippen LogP contribution is -2.15. The second-order valence-electron chi connectivity index (χ2n) is 2.10. The summed E-state index contributed by atoms with van der Waals surface area (Å²) in [6, 6.07) is 0. The molecule has 11 heavy (non-hydrogen) atoms. The van der Waals surface area contributed by atoms with E-state index in [2.05, 4.69) is 16.1 Å². The molecule has 1 heterocycles. The molecule has 0 radical (unpaired) electrons. The first-order chi connectivity index (χ1) is 5.22. The van der Waals surface area contributed by atoms with Gasteiger partial charge in [-0.1, -0.05) is 6.58 Å². The summed E-state index contributed by atoms with van der Waals surface area (Å²) >= 11 is 0. The third-order valence-corrected chi connectivity index (χ3v) is 1.26. The zero-order valence-corrected chi connectivity index (χ0v) is 5.91. The Labute approximate surface area is 63.8 Å². The molecule has 0 spiro atoms. The highest BCUT2D eigenvalue weighted by Gasteiger charge is 2.25. The number of esters is 2. The van der Waals surface area contributed by atoms with Gasteiger partial charge in [0.15, 0.2) is 0 Å². The highest BCUT2D eigenvalue weighted by Crippen LogP contribution is 2.14. The molecule has 0 saturated carbocycles. The van der Waals surface area contributed by atoms with E-state index in [-0.39, 0.29) is 5.97 Å². The molecular weight excluding hydrogens is 148 g/mol. The van der Waals surface area contributed by atoms with Crippen molar-refractivity contribution in [2.24, 2.45) is 0 Å². The molecule has 1 atom stereocenters. The maximum Gasteiger partial charge on any atom is 0.333 e. The van der Waals surface area contributed by atoms with Crippen molar-refractivity contribution in [1.29, 1.82) is 0 Å². The van der Waals surface area contributed by atoms with Gasteiger partial charge in [0.1, 0.15) is 0 Å². The number of carbonyl (C=O) groups excluding carboxylic acids is 2. The Kier molecular flexibility index (Phi) is 2.25. The molecule has 4 heteroatoms. The molecule has 0 aliphatic carbocycles. The van der Waals surface area contributed by atoms with Crippen LogP contribution in [0, 0.1) is 0 Å². The number of hydrogen-bond donors (Lipinski definition) is 0. The predicted molar refractivity (Wildman–Crippen MR) is 35.4 cm³/mol. The van der Waals surface area contributed by atoms with E-state index in [0.29, 0.717) is 12.8 Å². The minimum Gasteiger partial charge on any atom is -0.425 e. The molecule has 0 aromatic rings. The van der Waals surface area contributed by atoms with Gasteiger partial charge in [-0.05, 0) is 0 Å². The summed E-state index contributed by atoms with van der Waals surface area (Å²) in [6.45, 7) is 3.21. The first kappa shape index (κ1) is 7.78. The van der Waals surface area contributed by atoms with Crippen LogP contribution in [0.25, 0.3) is 0 Å². The molecule has 0 bridgehead atoms. The summed E-state index contributed by atoms with van der Waals surface area (Å²) < 4.78 is 9.23. The van der Waals surface area contributed by atoms with Crippen molar-refractivity contribution in [1.82, 2.24) is 0 Å². The Morgan fingerprint density at radius 3 is 3.00 bits per heavy atom. The van der Waals surface area contributed by atoms with E-state index in [1.54, 1.807) is 0 Å². The summed E-state index contributed by atoms with van der Waals surface area (Å²) in [4.78, 5) is 21.0. The van der Waals surface area contributed by atoms with Crippen molar-refractivity contribution in [2.45, 2.75) is 19.1 Å².